The second-order valence-electron chi connectivity index (χ2n) is 19.6. The Labute approximate surface area is 403 Å². The number of ether oxygens (including phenoxy) is 2. The second-order valence-corrected chi connectivity index (χ2v) is 19.6. The molecule has 4 fully saturated rings. The Kier molecular flexibility index (Phi) is 13.4. The van der Waals surface area contributed by atoms with Crippen LogP contribution in [0.5, 0.6) is 11.5 Å². The summed E-state index contributed by atoms with van der Waals surface area (Å²) < 4.78 is 53.0. The first-order valence-electron chi connectivity index (χ1n) is 23.9. The van der Waals surface area contributed by atoms with Crippen molar-refractivity contribution in [2.75, 3.05) is 95.6 Å². The van der Waals surface area contributed by atoms with Crippen molar-refractivity contribution in [2.45, 2.75) is 70.6 Å². The molecule has 4 aliphatic heterocycles. The van der Waals surface area contributed by atoms with Crippen molar-refractivity contribution in [2.24, 2.45) is 11.3 Å². The van der Waals surface area contributed by atoms with E-state index in [0.717, 1.165) is 94.2 Å². The second kappa shape index (κ2) is 19.3. The Morgan fingerprint density at radius 2 is 1.66 bits per heavy atom. The van der Waals surface area contributed by atoms with Crippen molar-refractivity contribution >= 4 is 57.6 Å². The molecular weight excluding hydrogens is 910 g/mol. The van der Waals surface area contributed by atoms with Crippen molar-refractivity contribution < 1.29 is 46.6 Å². The Hall–Kier alpha value is -6.54. The third-order valence-electron chi connectivity index (χ3n) is 14.5. The Morgan fingerprint density at radius 3 is 2.34 bits per heavy atom. The summed E-state index contributed by atoms with van der Waals surface area (Å²) in [5, 5.41) is 6.10. The molecule has 70 heavy (non-hydrogen) atoms. The fourth-order valence-electron chi connectivity index (χ4n) is 10.2. The predicted molar refractivity (Wildman–Crippen MR) is 254 cm³/mol. The highest BCUT2D eigenvalue weighted by atomic mass is 19.4. The number of nitrogen functional groups attached to an aromatic ring is 1. The van der Waals surface area contributed by atoms with Crippen LogP contribution in [0.2, 0.25) is 0 Å². The molecule has 1 aliphatic carbocycles. The van der Waals surface area contributed by atoms with Gasteiger partial charge in [-0.25, -0.2) is 9.97 Å². The maximum Gasteiger partial charge on any atom is 0.416 e. The van der Waals surface area contributed by atoms with Crippen molar-refractivity contribution in [1.82, 2.24) is 34.9 Å². The number of alkyl halides is 3. The summed E-state index contributed by atoms with van der Waals surface area (Å²) >= 11 is 0. The number of nitrogens with zero attached hydrogens (tertiary/aromatic N) is 7. The number of hydrogen-bond acceptors (Lipinski definition) is 14. The summed E-state index contributed by atoms with van der Waals surface area (Å²) in [6.07, 6.45) is -0.583. The minimum atomic E-state index is -4.55. The van der Waals surface area contributed by atoms with Crippen LogP contribution in [0.4, 0.5) is 30.4 Å². The van der Waals surface area contributed by atoms with Crippen LogP contribution >= 0.6 is 0 Å². The van der Waals surface area contributed by atoms with Crippen LogP contribution in [0.25, 0.3) is 10.9 Å². The number of anilines is 3. The van der Waals surface area contributed by atoms with Crippen molar-refractivity contribution in [1.29, 1.82) is 0 Å². The number of aromatic nitrogens is 2. The molecule has 5 amide bonds. The first-order chi connectivity index (χ1) is 33.4. The van der Waals surface area contributed by atoms with E-state index >= 15 is 0 Å². The van der Waals surface area contributed by atoms with Gasteiger partial charge in [0.15, 0.2) is 11.5 Å². The number of aryl methyl sites for hydroxylation is 1. The first kappa shape index (κ1) is 48.5. The van der Waals surface area contributed by atoms with E-state index < -0.39 is 47.5 Å². The molecule has 4 N–H and O–H groups in total. The van der Waals surface area contributed by atoms with Gasteiger partial charge in [-0.1, -0.05) is 0 Å². The minimum absolute atomic E-state index is 0.00645. The fraction of sp³-hybridized carbons (Fsp3) is 0.500. The highest BCUT2D eigenvalue weighted by molar-refractivity contribution is 6.23. The fourth-order valence-corrected chi connectivity index (χ4v) is 10.2. The van der Waals surface area contributed by atoms with E-state index in [1.165, 1.54) is 6.07 Å². The van der Waals surface area contributed by atoms with Gasteiger partial charge in [-0.3, -0.25) is 44.0 Å². The molecule has 5 heterocycles. The van der Waals surface area contributed by atoms with Crippen LogP contribution in [-0.2, 0) is 20.6 Å². The zero-order valence-corrected chi connectivity index (χ0v) is 39.9. The highest BCUT2D eigenvalue weighted by Crippen LogP contribution is 2.47. The van der Waals surface area contributed by atoms with Gasteiger partial charge in [-0.15, -0.1) is 0 Å². The highest BCUT2D eigenvalue weighted by Gasteiger charge is 2.46. The number of piperazine rings is 1. The van der Waals surface area contributed by atoms with Crippen LogP contribution in [-0.4, -0.2) is 145 Å². The van der Waals surface area contributed by atoms with E-state index in [0.29, 0.717) is 65.2 Å². The number of methoxy groups -OCH3 is 1. The largest absolute Gasteiger partial charge is 0.493 e. The van der Waals surface area contributed by atoms with E-state index in [1.54, 1.807) is 45.2 Å². The molecule has 1 unspecified atom stereocenters. The van der Waals surface area contributed by atoms with Gasteiger partial charge in [0.2, 0.25) is 17.7 Å². The molecule has 0 spiro atoms. The van der Waals surface area contributed by atoms with Crippen molar-refractivity contribution in [3.63, 3.8) is 0 Å². The van der Waals surface area contributed by atoms with Crippen molar-refractivity contribution in [3.05, 3.63) is 76.6 Å². The molecule has 0 radical (unpaired) electrons. The number of benzene rings is 3. The number of halogens is 3. The maximum absolute atomic E-state index is 13.6. The summed E-state index contributed by atoms with van der Waals surface area (Å²) in [5.74, 6) is 0.331. The summed E-state index contributed by atoms with van der Waals surface area (Å²) in [7, 11) is 3.39. The molecule has 9 rings (SSSR count). The predicted octanol–water partition coefficient (Wildman–Crippen LogP) is 5.27. The maximum atomic E-state index is 13.6. The standard InChI is InChI=1S/C50H59F3N10O7/c1-29(32-19-33(50(51,52)53)21-34(54)20-32)55-45-38-23-42(41(69-4)24-39(38)56-30(2)57-45)70-28-49(11-12-49)27-59(3)44(65)26-60-13-9-31(10-14-60)25-61-15-17-62(18-16-61)35-5-6-36-37(22-35)48(68)63(47(36)67)40-7-8-43(64)58-46(40)66/h5-6,19-24,29,31,40H,7-18,25-28,54H2,1-4H3,(H,55,56,57)(H,58,64,66)/t29-,40?/m1/s1. The van der Waals surface area contributed by atoms with Crippen LogP contribution in [0.15, 0.2) is 48.5 Å². The molecule has 3 saturated heterocycles. The number of nitrogens with one attached hydrogen (secondary N) is 2. The smallest absolute Gasteiger partial charge is 0.416 e. The van der Waals surface area contributed by atoms with Crippen LogP contribution in [0.3, 0.4) is 0 Å². The Morgan fingerprint density at radius 1 is 0.929 bits per heavy atom. The number of nitrogens with two attached hydrogens (primary N) is 1. The average molecular weight is 969 g/mol. The number of rotatable bonds is 15. The van der Waals surface area contributed by atoms with Gasteiger partial charge in [-0.05, 0) is 113 Å². The molecule has 1 aromatic heterocycles. The van der Waals surface area contributed by atoms with E-state index in [1.807, 2.05) is 18.0 Å². The molecule has 2 atom stereocenters. The Balaban J connectivity index is 0.733. The molecule has 20 heteroatoms. The molecule has 17 nitrogen and oxygen atoms in total. The zero-order valence-electron chi connectivity index (χ0n) is 39.9. The summed E-state index contributed by atoms with van der Waals surface area (Å²) in [4.78, 5) is 83.2. The van der Waals surface area contributed by atoms with Gasteiger partial charge in [-0.2, -0.15) is 13.2 Å². The lowest BCUT2D eigenvalue weighted by atomic mass is 9.96. The van der Waals surface area contributed by atoms with E-state index in [-0.39, 0.29) is 41.0 Å². The number of fused-ring (bicyclic) bond motifs is 2. The van der Waals surface area contributed by atoms with Gasteiger partial charge in [0.25, 0.3) is 11.8 Å². The molecule has 372 valence electrons. The first-order valence-corrected chi connectivity index (χ1v) is 23.9. The average Bonchev–Trinajstić information content (AvgIpc) is 4.05. The van der Waals surface area contributed by atoms with Crippen LogP contribution < -0.4 is 30.7 Å². The topological polar surface area (TPSA) is 196 Å². The van der Waals surface area contributed by atoms with Crippen LogP contribution in [0.1, 0.15) is 89.2 Å². The lowest BCUT2D eigenvalue weighted by Gasteiger charge is -2.39. The summed E-state index contributed by atoms with van der Waals surface area (Å²) in [5.41, 5.74) is 7.15. The number of carbonyl (C=O) groups is 5. The van der Waals surface area contributed by atoms with E-state index in [2.05, 4.69) is 35.3 Å². The quantitative estimate of drug-likeness (QED) is 0.103. The normalized spacial score (nSPS) is 20.4. The van der Waals surface area contributed by atoms with Crippen LogP contribution in [0, 0.1) is 18.3 Å². The van der Waals surface area contributed by atoms with Gasteiger partial charge < -0.3 is 30.3 Å². The van der Waals surface area contributed by atoms with Gasteiger partial charge in [0.05, 0.1) is 48.5 Å². The minimum Gasteiger partial charge on any atom is -0.493 e. The number of carbonyl (C=O) groups excluding carboxylic acids is 5. The summed E-state index contributed by atoms with van der Waals surface area (Å²) in [6.45, 7) is 10.6. The molecule has 4 aromatic rings. The number of hydrogen-bond donors (Lipinski definition) is 3. The molecule has 0 bridgehead atoms. The van der Waals surface area contributed by atoms with Gasteiger partial charge in [0, 0.05) is 81.0 Å². The number of likely N-dealkylation sites (tertiary alicyclic amines) is 1. The third-order valence-corrected chi connectivity index (χ3v) is 14.5. The lowest BCUT2D eigenvalue weighted by Crippen LogP contribution is -2.54. The van der Waals surface area contributed by atoms with Gasteiger partial charge in [0.1, 0.15) is 17.7 Å². The molecule has 3 aromatic carbocycles. The lowest BCUT2D eigenvalue weighted by molar-refractivity contribution is -0.138. The van der Waals surface area contributed by atoms with Crippen molar-refractivity contribution in [3.8, 4) is 11.5 Å². The Bertz CT molecular complexity index is 2720. The molecule has 1 saturated carbocycles. The van der Waals surface area contributed by atoms with E-state index in [9.17, 15) is 37.1 Å². The monoisotopic (exact) mass is 968 g/mol. The van der Waals surface area contributed by atoms with E-state index in [4.69, 9.17) is 15.2 Å². The number of amides is 5. The third kappa shape index (κ3) is 10.3. The molecular formula is C50H59F3N10O7. The zero-order chi connectivity index (χ0) is 49.6. The number of imide groups is 2. The van der Waals surface area contributed by atoms with Gasteiger partial charge >= 0.3 is 6.18 Å². The molecule has 5 aliphatic rings. The SMILES string of the molecule is COc1cc2nc(C)nc(N[C@H](C)c3cc(N)cc(C(F)(F)F)c3)c2cc1OCC1(CN(C)C(=O)CN2CCC(CN3CCN(c4ccc5c(c4)C(=O)N(C4CCC(=O)NC4=O)C5=O)CC3)CC2)CC1. The number of likely N-dealkylation sites (N-methyl/N-ethyl adjacent to an activating group) is 1. The number of piperidine rings is 2. The summed E-state index contributed by atoms with van der Waals surface area (Å²) in [6, 6.07) is 10.7.